The van der Waals surface area contributed by atoms with E-state index in [1.54, 1.807) is 18.2 Å². The molecule has 0 atom stereocenters. The number of aliphatic imine (C=N–C) groups is 1. The van der Waals surface area contributed by atoms with E-state index < -0.39 is 16.6 Å². The van der Waals surface area contributed by atoms with Crippen LogP contribution in [0, 0.1) is 0 Å². The number of nitrogens with zero attached hydrogens (tertiary/aromatic N) is 1. The van der Waals surface area contributed by atoms with Crippen molar-refractivity contribution in [2.75, 3.05) is 18.8 Å². The third-order valence-electron chi connectivity index (χ3n) is 3.94. The van der Waals surface area contributed by atoms with E-state index in [4.69, 9.17) is 0 Å². The Kier molecular flexibility index (Phi) is 12.3. The van der Waals surface area contributed by atoms with Crippen LogP contribution in [0.4, 0.5) is 8.78 Å². The lowest BCUT2D eigenvalue weighted by Gasteiger charge is -2.13. The highest BCUT2D eigenvalue weighted by molar-refractivity contribution is 14.0. The van der Waals surface area contributed by atoms with Crippen molar-refractivity contribution in [1.82, 2.24) is 15.4 Å². The molecule has 11 heteroatoms. The number of hydrogen-bond acceptors (Lipinski definition) is 4. The number of sulfonamides is 1. The molecule has 0 saturated heterocycles. The molecule has 2 rings (SSSR count). The van der Waals surface area contributed by atoms with Crippen molar-refractivity contribution in [3.05, 3.63) is 65.7 Å². The summed E-state index contributed by atoms with van der Waals surface area (Å²) in [5, 5.41) is 5.93. The van der Waals surface area contributed by atoms with E-state index >= 15 is 0 Å². The maximum absolute atomic E-state index is 12.5. The summed E-state index contributed by atoms with van der Waals surface area (Å²) in [5.41, 5.74) is 1.36. The van der Waals surface area contributed by atoms with Gasteiger partial charge in [0.15, 0.2) is 5.96 Å². The van der Waals surface area contributed by atoms with E-state index in [1.807, 2.05) is 37.3 Å². The van der Waals surface area contributed by atoms with E-state index in [0.717, 1.165) is 5.56 Å². The van der Waals surface area contributed by atoms with Gasteiger partial charge < -0.3 is 15.4 Å². The summed E-state index contributed by atoms with van der Waals surface area (Å²) in [7, 11) is -3.48. The highest BCUT2D eigenvalue weighted by atomic mass is 127. The van der Waals surface area contributed by atoms with Gasteiger partial charge in [0.2, 0.25) is 10.0 Å². The first-order valence-electron chi connectivity index (χ1n) is 9.46. The van der Waals surface area contributed by atoms with Gasteiger partial charge in [-0.15, -0.1) is 24.0 Å². The number of halogens is 3. The fourth-order valence-electron chi connectivity index (χ4n) is 2.52. The van der Waals surface area contributed by atoms with Gasteiger partial charge in [0.25, 0.3) is 0 Å². The Labute approximate surface area is 198 Å². The number of ether oxygens (including phenoxy) is 1. The number of guanidine groups is 1. The van der Waals surface area contributed by atoms with Crippen LogP contribution >= 0.6 is 24.0 Å². The summed E-state index contributed by atoms with van der Waals surface area (Å²) >= 11 is 0. The lowest BCUT2D eigenvalue weighted by atomic mass is 10.2. The van der Waals surface area contributed by atoms with Crippen molar-refractivity contribution in [1.29, 1.82) is 0 Å². The van der Waals surface area contributed by atoms with Gasteiger partial charge in [-0.25, -0.2) is 18.1 Å². The third kappa shape index (κ3) is 10.7. The summed E-state index contributed by atoms with van der Waals surface area (Å²) < 4.78 is 56.4. The number of benzene rings is 2. The van der Waals surface area contributed by atoms with E-state index in [1.165, 1.54) is 6.07 Å². The molecule has 0 radical (unpaired) electrons. The molecule has 31 heavy (non-hydrogen) atoms. The third-order valence-corrected chi connectivity index (χ3v) is 5.27. The lowest BCUT2D eigenvalue weighted by molar-refractivity contribution is -0.0504. The molecule has 172 valence electrons. The van der Waals surface area contributed by atoms with Gasteiger partial charge >= 0.3 is 6.61 Å². The van der Waals surface area contributed by atoms with Gasteiger partial charge in [0.1, 0.15) is 5.75 Å². The van der Waals surface area contributed by atoms with E-state index in [0.29, 0.717) is 18.1 Å². The molecule has 7 nitrogen and oxygen atoms in total. The number of para-hydroxylation sites is 1. The monoisotopic (exact) mass is 568 g/mol. The molecular weight excluding hydrogens is 541 g/mol. The quantitative estimate of drug-likeness (QED) is 0.220. The molecule has 0 bridgehead atoms. The van der Waals surface area contributed by atoms with Crippen molar-refractivity contribution in [2.24, 2.45) is 4.99 Å². The largest absolute Gasteiger partial charge is 0.434 e. The maximum Gasteiger partial charge on any atom is 0.387 e. The highest BCUT2D eigenvalue weighted by Gasteiger charge is 2.11. The molecule has 3 N–H and O–H groups in total. The first-order chi connectivity index (χ1) is 14.4. The van der Waals surface area contributed by atoms with Crippen LogP contribution in [0.5, 0.6) is 5.75 Å². The number of alkyl halides is 2. The molecule has 0 aliphatic rings. The van der Waals surface area contributed by atoms with Crippen LogP contribution in [0.25, 0.3) is 0 Å². The second kappa shape index (κ2) is 14.1. The maximum atomic E-state index is 12.5. The van der Waals surface area contributed by atoms with Crippen molar-refractivity contribution >= 4 is 40.0 Å². The van der Waals surface area contributed by atoms with Crippen LogP contribution in [0.15, 0.2) is 59.6 Å². The van der Waals surface area contributed by atoms with Crippen LogP contribution in [0.1, 0.15) is 18.1 Å². The Bertz CT molecular complexity index is 916. The predicted octanol–water partition coefficient (Wildman–Crippen LogP) is 3.08. The van der Waals surface area contributed by atoms with Crippen LogP contribution in [0.2, 0.25) is 0 Å². The molecule has 0 fully saturated rings. The molecule has 0 spiro atoms. The van der Waals surface area contributed by atoms with Gasteiger partial charge in [-0.05, 0) is 18.6 Å². The Morgan fingerprint density at radius 3 is 2.42 bits per heavy atom. The van der Waals surface area contributed by atoms with Gasteiger partial charge in [0.05, 0.1) is 12.3 Å². The molecule has 0 saturated carbocycles. The number of nitrogens with one attached hydrogen (secondary N) is 3. The van der Waals surface area contributed by atoms with Gasteiger partial charge in [0, 0.05) is 25.2 Å². The molecule has 0 unspecified atom stereocenters. The predicted molar refractivity (Wildman–Crippen MR) is 128 cm³/mol. The Morgan fingerprint density at radius 1 is 1.06 bits per heavy atom. The summed E-state index contributed by atoms with van der Waals surface area (Å²) in [6.07, 6.45) is 0. The number of rotatable bonds is 11. The van der Waals surface area contributed by atoms with Crippen molar-refractivity contribution in [3.8, 4) is 5.75 Å². The zero-order valence-corrected chi connectivity index (χ0v) is 20.2. The molecule has 0 aliphatic heterocycles. The second-order valence-corrected chi connectivity index (χ2v) is 8.16. The topological polar surface area (TPSA) is 91.8 Å². The Morgan fingerprint density at radius 2 is 1.74 bits per heavy atom. The average molecular weight is 568 g/mol. The smallest absolute Gasteiger partial charge is 0.387 e. The van der Waals surface area contributed by atoms with Gasteiger partial charge in [-0.2, -0.15) is 8.78 Å². The van der Waals surface area contributed by atoms with Gasteiger partial charge in [-0.3, -0.25) is 0 Å². The van der Waals surface area contributed by atoms with Crippen LogP contribution in [-0.2, 0) is 23.1 Å². The summed E-state index contributed by atoms with van der Waals surface area (Å²) in [5.74, 6) is 0.289. The SMILES string of the molecule is CCNC(=NCc1ccccc1OC(F)F)NCCS(=O)(=O)NCc1ccccc1.I. The summed E-state index contributed by atoms with van der Waals surface area (Å²) in [4.78, 5) is 4.32. The minimum Gasteiger partial charge on any atom is -0.434 e. The van der Waals surface area contributed by atoms with Crippen molar-refractivity contribution in [2.45, 2.75) is 26.6 Å². The number of hydrogen-bond donors (Lipinski definition) is 3. The zero-order valence-electron chi connectivity index (χ0n) is 17.1. The van der Waals surface area contributed by atoms with Crippen molar-refractivity contribution in [3.63, 3.8) is 0 Å². The summed E-state index contributed by atoms with van der Waals surface area (Å²) in [6.45, 7) is -0.0563. The van der Waals surface area contributed by atoms with Gasteiger partial charge in [-0.1, -0.05) is 48.5 Å². The second-order valence-electron chi connectivity index (χ2n) is 6.23. The molecule has 2 aromatic rings. The zero-order chi connectivity index (χ0) is 21.8. The summed E-state index contributed by atoms with van der Waals surface area (Å²) in [6, 6.07) is 15.6. The van der Waals surface area contributed by atoms with E-state index in [-0.39, 0.29) is 55.1 Å². The average Bonchev–Trinajstić information content (AvgIpc) is 2.72. The Balaban J connectivity index is 0.00000480. The first-order valence-corrected chi connectivity index (χ1v) is 11.1. The molecular formula is C20H27F2IN4O3S. The molecule has 0 amide bonds. The van der Waals surface area contributed by atoms with Crippen LogP contribution in [0.3, 0.4) is 0 Å². The molecule has 0 aromatic heterocycles. The van der Waals surface area contributed by atoms with Crippen LogP contribution in [-0.4, -0.2) is 39.8 Å². The first kappa shape index (κ1) is 27.0. The normalized spacial score (nSPS) is 11.7. The van der Waals surface area contributed by atoms with Crippen LogP contribution < -0.4 is 20.1 Å². The highest BCUT2D eigenvalue weighted by Crippen LogP contribution is 2.20. The fourth-order valence-corrected chi connectivity index (χ4v) is 3.42. The van der Waals surface area contributed by atoms with E-state index in [9.17, 15) is 17.2 Å². The fraction of sp³-hybridized carbons (Fsp3) is 0.350. The molecule has 0 heterocycles. The van der Waals surface area contributed by atoms with Crippen molar-refractivity contribution < 1.29 is 21.9 Å². The minimum absolute atomic E-state index is 0. The standard InChI is InChI=1S/C20H26F2N4O3S.HI/c1-2-23-20(25-15-17-10-6-7-11-18(17)29-19(21)22)24-12-13-30(27,28)26-14-16-8-4-3-5-9-16;/h3-11,19,26H,2,12-15H2,1H3,(H2,23,24,25);1H. The molecule has 0 aliphatic carbocycles. The molecule has 2 aromatic carbocycles. The minimum atomic E-state index is -3.48. The lowest BCUT2D eigenvalue weighted by Crippen LogP contribution is -2.41. The Hall–Kier alpha value is -1.99. The van der Waals surface area contributed by atoms with E-state index in [2.05, 4.69) is 25.1 Å².